The first-order valence-electron chi connectivity index (χ1n) is 5.86. The van der Waals surface area contributed by atoms with Crippen LogP contribution in [0.1, 0.15) is 17.0 Å². The van der Waals surface area contributed by atoms with Crippen LogP contribution < -0.4 is 5.32 Å². The maximum atomic E-state index is 12.9. The normalized spacial score (nSPS) is 10.9. The van der Waals surface area contributed by atoms with Gasteiger partial charge in [-0.15, -0.1) is 0 Å². The molecule has 0 atom stereocenters. The molecular formula is C15H15F2N. The fraction of sp³-hybridized carbons (Fsp3) is 0.200. The first-order chi connectivity index (χ1) is 8.70. The summed E-state index contributed by atoms with van der Waals surface area (Å²) < 4.78 is 25.9. The largest absolute Gasteiger partial charge is 0.319 e. The van der Waals surface area contributed by atoms with Gasteiger partial charge in [-0.2, -0.15) is 0 Å². The predicted molar refractivity (Wildman–Crippen MR) is 68.6 cm³/mol. The summed E-state index contributed by atoms with van der Waals surface area (Å²) in [6, 6.07) is 12.8. The smallest absolute Gasteiger partial charge is 0.123 e. The van der Waals surface area contributed by atoms with E-state index in [0.717, 1.165) is 17.7 Å². The molecule has 0 aliphatic carbocycles. The Balaban J connectivity index is 2.33. The third-order valence-electron chi connectivity index (χ3n) is 2.95. The topological polar surface area (TPSA) is 12.0 Å². The van der Waals surface area contributed by atoms with Gasteiger partial charge in [-0.1, -0.05) is 24.3 Å². The third kappa shape index (κ3) is 2.93. The van der Waals surface area contributed by atoms with E-state index in [1.165, 1.54) is 24.3 Å². The average molecular weight is 247 g/mol. The van der Waals surface area contributed by atoms with Crippen LogP contribution >= 0.6 is 0 Å². The zero-order valence-electron chi connectivity index (χ0n) is 10.2. The highest BCUT2D eigenvalue weighted by molar-refractivity contribution is 5.33. The van der Waals surface area contributed by atoms with Crippen molar-refractivity contribution in [3.05, 3.63) is 71.3 Å². The van der Waals surface area contributed by atoms with Crippen LogP contribution in [0.15, 0.2) is 48.5 Å². The number of rotatable bonds is 4. The molecule has 0 saturated carbocycles. The quantitative estimate of drug-likeness (QED) is 0.874. The molecule has 3 heteroatoms. The Kier molecular flexibility index (Phi) is 4.05. The maximum absolute atomic E-state index is 12.9. The van der Waals surface area contributed by atoms with Crippen LogP contribution in [0.4, 0.5) is 8.78 Å². The Labute approximate surface area is 105 Å². The van der Waals surface area contributed by atoms with Gasteiger partial charge < -0.3 is 5.32 Å². The minimum atomic E-state index is -0.249. The molecule has 0 aliphatic rings. The lowest BCUT2D eigenvalue weighted by Crippen LogP contribution is -2.18. The molecule has 0 saturated heterocycles. The van der Waals surface area contributed by atoms with Crippen molar-refractivity contribution in [1.82, 2.24) is 5.32 Å². The van der Waals surface area contributed by atoms with Crippen LogP contribution in [0.25, 0.3) is 0 Å². The maximum Gasteiger partial charge on any atom is 0.123 e. The molecule has 0 aliphatic heterocycles. The molecule has 0 bridgehead atoms. The minimum absolute atomic E-state index is 0.0937. The van der Waals surface area contributed by atoms with E-state index in [2.05, 4.69) is 5.32 Å². The summed E-state index contributed by atoms with van der Waals surface area (Å²) in [6.07, 6.45) is 0. The van der Waals surface area contributed by atoms with E-state index in [4.69, 9.17) is 0 Å². The van der Waals surface area contributed by atoms with E-state index in [-0.39, 0.29) is 17.6 Å². The number of benzene rings is 2. The van der Waals surface area contributed by atoms with Gasteiger partial charge in [0.2, 0.25) is 0 Å². The van der Waals surface area contributed by atoms with Crippen LogP contribution in [-0.4, -0.2) is 13.6 Å². The van der Waals surface area contributed by atoms with Gasteiger partial charge in [-0.3, -0.25) is 0 Å². The highest BCUT2D eigenvalue weighted by Gasteiger charge is 2.13. The fourth-order valence-electron chi connectivity index (χ4n) is 2.02. The molecule has 0 spiro atoms. The first-order valence-corrected chi connectivity index (χ1v) is 5.86. The molecule has 2 aromatic rings. The van der Waals surface area contributed by atoms with Gasteiger partial charge >= 0.3 is 0 Å². The highest BCUT2D eigenvalue weighted by atomic mass is 19.1. The number of nitrogens with one attached hydrogen (secondary N) is 1. The summed E-state index contributed by atoms with van der Waals surface area (Å²) in [4.78, 5) is 0. The van der Waals surface area contributed by atoms with E-state index in [0.29, 0.717) is 0 Å². The van der Waals surface area contributed by atoms with Crippen LogP contribution in [0, 0.1) is 11.6 Å². The second-order valence-electron chi connectivity index (χ2n) is 4.21. The molecule has 1 N–H and O–H groups in total. The van der Waals surface area contributed by atoms with Crippen LogP contribution in [-0.2, 0) is 0 Å². The number of likely N-dealkylation sites (N-methyl/N-ethyl adjacent to an activating group) is 1. The standard InChI is InChI=1S/C15H15F2N/c1-18-10-15(11-2-6-13(16)7-3-11)12-4-8-14(17)9-5-12/h2-9,15,18H,10H2,1H3. The van der Waals surface area contributed by atoms with E-state index in [9.17, 15) is 8.78 Å². The van der Waals surface area contributed by atoms with Crippen molar-refractivity contribution in [2.75, 3.05) is 13.6 Å². The summed E-state index contributed by atoms with van der Waals surface area (Å²) in [5.74, 6) is -0.404. The van der Waals surface area contributed by atoms with E-state index >= 15 is 0 Å². The summed E-state index contributed by atoms with van der Waals surface area (Å²) in [7, 11) is 1.86. The van der Waals surface area contributed by atoms with Crippen molar-refractivity contribution < 1.29 is 8.78 Å². The number of hydrogen-bond donors (Lipinski definition) is 1. The van der Waals surface area contributed by atoms with Gasteiger partial charge in [-0.05, 0) is 42.4 Å². The van der Waals surface area contributed by atoms with Gasteiger partial charge in [0.25, 0.3) is 0 Å². The van der Waals surface area contributed by atoms with E-state index < -0.39 is 0 Å². The lowest BCUT2D eigenvalue weighted by atomic mass is 9.91. The number of halogens is 2. The van der Waals surface area contributed by atoms with Crippen LogP contribution in [0.5, 0.6) is 0 Å². The van der Waals surface area contributed by atoms with Gasteiger partial charge in [-0.25, -0.2) is 8.78 Å². The molecule has 1 nitrogen and oxygen atoms in total. The second-order valence-corrected chi connectivity index (χ2v) is 4.21. The summed E-state index contributed by atoms with van der Waals surface area (Å²) in [6.45, 7) is 0.720. The van der Waals surface area contributed by atoms with Gasteiger partial charge in [0.1, 0.15) is 11.6 Å². The van der Waals surface area contributed by atoms with Crippen molar-refractivity contribution in [3.63, 3.8) is 0 Å². The minimum Gasteiger partial charge on any atom is -0.319 e. The zero-order valence-corrected chi connectivity index (χ0v) is 10.2. The molecule has 0 amide bonds. The van der Waals surface area contributed by atoms with E-state index in [1.54, 1.807) is 24.3 Å². The average Bonchev–Trinajstić information content (AvgIpc) is 2.39. The lowest BCUT2D eigenvalue weighted by molar-refractivity contribution is 0.622. The third-order valence-corrected chi connectivity index (χ3v) is 2.95. The molecule has 0 fully saturated rings. The Hall–Kier alpha value is -1.74. The monoisotopic (exact) mass is 247 g/mol. The summed E-state index contributed by atoms with van der Waals surface area (Å²) in [5, 5.41) is 3.11. The number of hydrogen-bond acceptors (Lipinski definition) is 1. The molecule has 2 rings (SSSR count). The Morgan fingerprint density at radius 2 is 1.22 bits per heavy atom. The van der Waals surface area contributed by atoms with Crippen molar-refractivity contribution in [3.8, 4) is 0 Å². The molecule has 94 valence electrons. The van der Waals surface area contributed by atoms with Gasteiger partial charge in [0, 0.05) is 12.5 Å². The molecule has 0 radical (unpaired) electrons. The molecule has 0 heterocycles. The Morgan fingerprint density at radius 3 is 1.56 bits per heavy atom. The molecule has 18 heavy (non-hydrogen) atoms. The highest BCUT2D eigenvalue weighted by Crippen LogP contribution is 2.24. The zero-order chi connectivity index (χ0) is 13.0. The summed E-state index contributed by atoms with van der Waals surface area (Å²) >= 11 is 0. The Morgan fingerprint density at radius 1 is 0.833 bits per heavy atom. The molecule has 2 aromatic carbocycles. The van der Waals surface area contributed by atoms with Gasteiger partial charge in [0.05, 0.1) is 0 Å². The summed E-state index contributed by atoms with van der Waals surface area (Å²) in [5.41, 5.74) is 2.02. The Bertz CT molecular complexity index is 445. The SMILES string of the molecule is CNCC(c1ccc(F)cc1)c1ccc(F)cc1. The van der Waals surface area contributed by atoms with Crippen molar-refractivity contribution in [2.24, 2.45) is 0 Å². The fourth-order valence-corrected chi connectivity index (χ4v) is 2.02. The predicted octanol–water partition coefficient (Wildman–Crippen LogP) is 3.32. The first kappa shape index (κ1) is 12.7. The lowest BCUT2D eigenvalue weighted by Gasteiger charge is -2.17. The van der Waals surface area contributed by atoms with Crippen molar-refractivity contribution in [1.29, 1.82) is 0 Å². The molecule has 0 aromatic heterocycles. The van der Waals surface area contributed by atoms with Gasteiger partial charge in [0.15, 0.2) is 0 Å². The molecular weight excluding hydrogens is 232 g/mol. The van der Waals surface area contributed by atoms with Crippen molar-refractivity contribution in [2.45, 2.75) is 5.92 Å². The van der Waals surface area contributed by atoms with E-state index in [1.807, 2.05) is 7.05 Å². The van der Waals surface area contributed by atoms with Crippen molar-refractivity contribution >= 4 is 0 Å². The van der Waals surface area contributed by atoms with Crippen LogP contribution in [0.2, 0.25) is 0 Å². The second kappa shape index (κ2) is 5.74. The van der Waals surface area contributed by atoms with Crippen LogP contribution in [0.3, 0.4) is 0 Å². The molecule has 0 unspecified atom stereocenters.